The minimum atomic E-state index is -4.76. The number of anilines is 2. The van der Waals surface area contributed by atoms with E-state index in [2.05, 4.69) is 30.8 Å². The van der Waals surface area contributed by atoms with Crippen LogP contribution in [0, 0.1) is 0 Å². The summed E-state index contributed by atoms with van der Waals surface area (Å²) in [5, 5.41) is 14.5. The zero-order chi connectivity index (χ0) is 23.4. The molecule has 3 heterocycles. The van der Waals surface area contributed by atoms with Crippen molar-refractivity contribution < 1.29 is 22.6 Å². The lowest BCUT2D eigenvalue weighted by Crippen LogP contribution is -2.42. The molecule has 0 aliphatic carbocycles. The third-order valence-electron chi connectivity index (χ3n) is 5.27. The number of alkyl halides is 3. The van der Waals surface area contributed by atoms with Crippen molar-refractivity contribution in [3.05, 3.63) is 47.8 Å². The van der Waals surface area contributed by atoms with E-state index in [4.69, 9.17) is 4.74 Å². The highest BCUT2D eigenvalue weighted by atomic mass is 19.4. The Bertz CT molecular complexity index is 1080. The molecule has 0 amide bonds. The van der Waals surface area contributed by atoms with Crippen molar-refractivity contribution in [3.63, 3.8) is 0 Å². The number of nitrogens with one attached hydrogen (secondary N) is 3. The number of ether oxygens (including phenoxy) is 2. The van der Waals surface area contributed by atoms with Crippen LogP contribution in [0.25, 0.3) is 5.65 Å². The average molecular weight is 464 g/mol. The standard InChI is InChI=1S/C22H27F3N6O2/c1-14(2)18-13-29-21-17(27-10-15-5-3-4-6-19(15)33-22(23,24)25)9-20(30-31(18)21)28-12-16-11-26-7-8-32-16/h3-6,9,13-14,16,26-27H,7-8,10-12H2,1-2H3,(H,28,30). The first-order valence-corrected chi connectivity index (χ1v) is 10.8. The summed E-state index contributed by atoms with van der Waals surface area (Å²) < 4.78 is 50.0. The molecular weight excluding hydrogens is 437 g/mol. The molecule has 2 aromatic heterocycles. The molecule has 3 aromatic rings. The fourth-order valence-electron chi connectivity index (χ4n) is 3.63. The predicted molar refractivity (Wildman–Crippen MR) is 119 cm³/mol. The minimum absolute atomic E-state index is 0.0198. The molecule has 1 unspecified atom stereocenters. The highest BCUT2D eigenvalue weighted by Gasteiger charge is 2.32. The van der Waals surface area contributed by atoms with E-state index in [1.807, 2.05) is 13.8 Å². The molecule has 0 saturated carbocycles. The molecule has 8 nitrogen and oxygen atoms in total. The maximum atomic E-state index is 12.8. The fourth-order valence-corrected chi connectivity index (χ4v) is 3.63. The molecule has 1 aliphatic heterocycles. The lowest BCUT2D eigenvalue weighted by atomic mass is 10.1. The summed E-state index contributed by atoms with van der Waals surface area (Å²) in [4.78, 5) is 4.49. The van der Waals surface area contributed by atoms with Crippen LogP contribution in [0.4, 0.5) is 24.7 Å². The van der Waals surface area contributed by atoms with E-state index in [9.17, 15) is 13.2 Å². The summed E-state index contributed by atoms with van der Waals surface area (Å²) in [5.74, 6) is 0.551. The number of aromatic nitrogens is 3. The Kier molecular flexibility index (Phi) is 6.89. The van der Waals surface area contributed by atoms with Crippen molar-refractivity contribution >= 4 is 17.2 Å². The zero-order valence-corrected chi connectivity index (χ0v) is 18.4. The Morgan fingerprint density at radius 1 is 1.27 bits per heavy atom. The van der Waals surface area contributed by atoms with E-state index >= 15 is 0 Å². The second-order valence-corrected chi connectivity index (χ2v) is 8.10. The molecule has 4 rings (SSSR count). The number of fused-ring (bicyclic) bond motifs is 1. The number of imidazole rings is 1. The van der Waals surface area contributed by atoms with E-state index in [0.717, 1.165) is 18.8 Å². The van der Waals surface area contributed by atoms with Gasteiger partial charge in [0.2, 0.25) is 0 Å². The Morgan fingerprint density at radius 2 is 2.09 bits per heavy atom. The van der Waals surface area contributed by atoms with E-state index < -0.39 is 6.36 Å². The van der Waals surface area contributed by atoms with Gasteiger partial charge in [-0.15, -0.1) is 18.3 Å². The smallest absolute Gasteiger partial charge is 0.405 e. The first kappa shape index (κ1) is 23.1. The number of nitrogens with zero attached hydrogens (tertiary/aromatic N) is 3. The number of halogens is 3. The van der Waals surface area contributed by atoms with Crippen molar-refractivity contribution in [3.8, 4) is 5.75 Å². The van der Waals surface area contributed by atoms with Crippen LogP contribution in [-0.2, 0) is 11.3 Å². The maximum absolute atomic E-state index is 12.8. The molecular formula is C22H27F3N6O2. The second-order valence-electron chi connectivity index (χ2n) is 8.10. The van der Waals surface area contributed by atoms with Crippen LogP contribution in [0.5, 0.6) is 5.75 Å². The van der Waals surface area contributed by atoms with Crippen molar-refractivity contribution in [2.45, 2.75) is 38.8 Å². The molecule has 1 aromatic carbocycles. The van der Waals surface area contributed by atoms with Gasteiger partial charge in [0.15, 0.2) is 5.65 Å². The Labute approximate surface area is 189 Å². The van der Waals surface area contributed by atoms with Gasteiger partial charge in [-0.1, -0.05) is 32.0 Å². The van der Waals surface area contributed by atoms with Gasteiger partial charge in [0, 0.05) is 37.8 Å². The van der Waals surface area contributed by atoms with Gasteiger partial charge < -0.3 is 25.4 Å². The third-order valence-corrected chi connectivity index (χ3v) is 5.27. The van der Waals surface area contributed by atoms with Gasteiger partial charge in [0.1, 0.15) is 11.6 Å². The van der Waals surface area contributed by atoms with Crippen molar-refractivity contribution in [2.24, 2.45) is 0 Å². The Hall–Kier alpha value is -3.05. The number of benzene rings is 1. The molecule has 3 N–H and O–H groups in total. The first-order valence-electron chi connectivity index (χ1n) is 10.8. The number of morpholine rings is 1. The maximum Gasteiger partial charge on any atom is 0.573 e. The van der Waals surface area contributed by atoms with Gasteiger partial charge in [-0.2, -0.15) is 0 Å². The SMILES string of the molecule is CC(C)c1cnc2c(NCc3ccccc3OC(F)(F)F)cc(NCC3CNCCO3)nn12. The highest BCUT2D eigenvalue weighted by Crippen LogP contribution is 2.28. The Morgan fingerprint density at radius 3 is 2.82 bits per heavy atom. The van der Waals surface area contributed by atoms with Gasteiger partial charge in [-0.25, -0.2) is 9.50 Å². The van der Waals surface area contributed by atoms with Crippen LogP contribution in [0.3, 0.4) is 0 Å². The predicted octanol–water partition coefficient (Wildman–Crippen LogP) is 3.76. The van der Waals surface area contributed by atoms with Gasteiger partial charge in [0.25, 0.3) is 0 Å². The van der Waals surface area contributed by atoms with Crippen LogP contribution in [0.1, 0.15) is 31.0 Å². The third kappa shape index (κ3) is 5.85. The molecule has 1 saturated heterocycles. The second kappa shape index (κ2) is 9.84. The van der Waals surface area contributed by atoms with Gasteiger partial charge >= 0.3 is 6.36 Å². The Balaban J connectivity index is 1.58. The summed E-state index contributed by atoms with van der Waals surface area (Å²) in [6, 6.07) is 7.85. The summed E-state index contributed by atoms with van der Waals surface area (Å²) in [7, 11) is 0. The lowest BCUT2D eigenvalue weighted by molar-refractivity contribution is -0.274. The van der Waals surface area contributed by atoms with Crippen LogP contribution in [0.2, 0.25) is 0 Å². The molecule has 0 bridgehead atoms. The van der Waals surface area contributed by atoms with Crippen LogP contribution >= 0.6 is 0 Å². The largest absolute Gasteiger partial charge is 0.573 e. The van der Waals surface area contributed by atoms with Crippen molar-refractivity contribution in [1.82, 2.24) is 19.9 Å². The monoisotopic (exact) mass is 464 g/mol. The molecule has 1 aliphatic rings. The number of para-hydroxylation sites is 1. The van der Waals surface area contributed by atoms with Gasteiger partial charge in [-0.3, -0.25) is 0 Å². The van der Waals surface area contributed by atoms with Gasteiger partial charge in [0.05, 0.1) is 30.3 Å². The molecule has 0 radical (unpaired) electrons. The van der Waals surface area contributed by atoms with Crippen molar-refractivity contribution in [2.75, 3.05) is 36.9 Å². The fraction of sp³-hybridized carbons (Fsp3) is 0.455. The molecule has 11 heteroatoms. The molecule has 1 atom stereocenters. The summed E-state index contributed by atoms with van der Waals surface area (Å²) >= 11 is 0. The van der Waals surface area contributed by atoms with Gasteiger partial charge in [-0.05, 0) is 12.0 Å². The van der Waals surface area contributed by atoms with Crippen LogP contribution in [0.15, 0.2) is 36.5 Å². The van der Waals surface area contributed by atoms with Crippen molar-refractivity contribution in [1.29, 1.82) is 0 Å². The van der Waals surface area contributed by atoms with E-state index in [-0.39, 0.29) is 24.3 Å². The summed E-state index contributed by atoms with van der Waals surface area (Å²) in [5.41, 5.74) is 2.53. The number of hydrogen-bond donors (Lipinski definition) is 3. The normalized spacial score (nSPS) is 16.8. The molecule has 178 valence electrons. The molecule has 1 fully saturated rings. The quantitative estimate of drug-likeness (QED) is 0.468. The number of rotatable bonds is 8. The minimum Gasteiger partial charge on any atom is -0.405 e. The summed E-state index contributed by atoms with van der Waals surface area (Å²) in [6.45, 7) is 7.02. The number of hydrogen-bond acceptors (Lipinski definition) is 7. The average Bonchev–Trinajstić information content (AvgIpc) is 3.21. The van der Waals surface area contributed by atoms with Crippen LogP contribution < -0.4 is 20.7 Å². The van der Waals surface area contributed by atoms with Crippen LogP contribution in [-0.4, -0.2) is 53.3 Å². The molecule has 0 spiro atoms. The van der Waals surface area contributed by atoms with E-state index in [1.54, 1.807) is 28.9 Å². The summed E-state index contributed by atoms with van der Waals surface area (Å²) in [6.07, 6.45) is -2.98. The first-order chi connectivity index (χ1) is 15.8. The zero-order valence-electron chi connectivity index (χ0n) is 18.4. The topological polar surface area (TPSA) is 84.7 Å². The van der Waals surface area contributed by atoms with E-state index in [0.29, 0.717) is 35.9 Å². The lowest BCUT2D eigenvalue weighted by Gasteiger charge is -2.24. The van der Waals surface area contributed by atoms with E-state index in [1.165, 1.54) is 12.1 Å². The highest BCUT2D eigenvalue weighted by molar-refractivity contribution is 5.71. The molecule has 33 heavy (non-hydrogen) atoms.